The quantitative estimate of drug-likeness (QED) is 0.465. The number of rotatable bonds is 6. The van der Waals surface area contributed by atoms with Gasteiger partial charge in [-0.3, -0.25) is 4.79 Å². The van der Waals surface area contributed by atoms with E-state index in [1.54, 1.807) is 42.7 Å². The normalized spacial score (nSPS) is 10.3. The summed E-state index contributed by atoms with van der Waals surface area (Å²) in [7, 11) is 0. The molecule has 0 spiro atoms. The highest BCUT2D eigenvalue weighted by molar-refractivity contribution is 6.05. The number of imidazole rings is 1. The maximum absolute atomic E-state index is 12.7. The Bertz CT molecular complexity index is 1240. The number of anilines is 1. The van der Waals surface area contributed by atoms with Crippen LogP contribution in [0.15, 0.2) is 79.1 Å². The number of amides is 1. The number of nitriles is 1. The maximum atomic E-state index is 12.7. The fraction of sp³-hybridized carbons (Fsp3) is 0.0800. The van der Waals surface area contributed by atoms with E-state index >= 15 is 0 Å². The number of aromatic amines is 1. The van der Waals surface area contributed by atoms with Gasteiger partial charge in [-0.15, -0.1) is 0 Å². The number of hydrogen-bond donors (Lipinski definition) is 2. The van der Waals surface area contributed by atoms with E-state index in [0.717, 1.165) is 28.2 Å². The van der Waals surface area contributed by atoms with E-state index in [4.69, 9.17) is 10.00 Å². The molecule has 0 fully saturated rings. The molecule has 0 bridgehead atoms. The van der Waals surface area contributed by atoms with E-state index in [-0.39, 0.29) is 12.5 Å². The first-order chi connectivity index (χ1) is 15.1. The van der Waals surface area contributed by atoms with Crippen molar-refractivity contribution in [3.8, 4) is 23.2 Å². The number of nitrogens with one attached hydrogen (secondary N) is 2. The van der Waals surface area contributed by atoms with Gasteiger partial charge in [0.15, 0.2) is 0 Å². The molecular formula is C25H20N4O2. The first kappa shape index (κ1) is 19.9. The zero-order chi connectivity index (χ0) is 21.6. The minimum atomic E-state index is -0.207. The van der Waals surface area contributed by atoms with Crippen LogP contribution in [0.5, 0.6) is 5.75 Å². The summed E-state index contributed by atoms with van der Waals surface area (Å²) in [5.41, 5.74) is 4.51. The second-order valence-electron chi connectivity index (χ2n) is 7.00. The summed E-state index contributed by atoms with van der Waals surface area (Å²) in [5, 5.41) is 12.1. The Morgan fingerprint density at radius 3 is 2.68 bits per heavy atom. The number of carbonyl (C=O) groups is 1. The van der Waals surface area contributed by atoms with Gasteiger partial charge in [0, 0.05) is 34.8 Å². The van der Waals surface area contributed by atoms with Crippen LogP contribution in [0.2, 0.25) is 0 Å². The van der Waals surface area contributed by atoms with Crippen molar-refractivity contribution in [2.24, 2.45) is 0 Å². The minimum Gasteiger partial charge on any atom is -0.489 e. The summed E-state index contributed by atoms with van der Waals surface area (Å²) in [6, 6.07) is 22.2. The Morgan fingerprint density at radius 2 is 1.94 bits per heavy atom. The van der Waals surface area contributed by atoms with Gasteiger partial charge in [0.1, 0.15) is 18.2 Å². The predicted octanol–water partition coefficient (Wildman–Crippen LogP) is 5.09. The number of ether oxygens (including phenoxy) is 1. The topological polar surface area (TPSA) is 90.8 Å². The second-order valence-corrected chi connectivity index (χ2v) is 7.00. The number of H-pyrrole nitrogens is 1. The Labute approximate surface area is 180 Å². The Hall–Kier alpha value is -4.37. The predicted molar refractivity (Wildman–Crippen MR) is 119 cm³/mol. The lowest BCUT2D eigenvalue weighted by molar-refractivity contribution is 0.102. The molecule has 1 aromatic heterocycles. The van der Waals surface area contributed by atoms with Gasteiger partial charge in [0.05, 0.1) is 11.6 Å². The zero-order valence-corrected chi connectivity index (χ0v) is 16.9. The lowest BCUT2D eigenvalue weighted by Gasteiger charge is -2.11. The van der Waals surface area contributed by atoms with E-state index in [0.29, 0.717) is 16.9 Å². The molecular weight excluding hydrogens is 388 g/mol. The second kappa shape index (κ2) is 8.97. The smallest absolute Gasteiger partial charge is 0.255 e. The van der Waals surface area contributed by atoms with Gasteiger partial charge in [-0.1, -0.05) is 30.3 Å². The Kier molecular flexibility index (Phi) is 5.77. The van der Waals surface area contributed by atoms with Crippen molar-refractivity contribution in [3.05, 3.63) is 101 Å². The number of hydrogen-bond acceptors (Lipinski definition) is 4. The highest BCUT2D eigenvalue weighted by atomic mass is 16.5. The third-order valence-electron chi connectivity index (χ3n) is 4.91. The molecule has 0 aliphatic rings. The molecule has 152 valence electrons. The first-order valence-electron chi connectivity index (χ1n) is 9.76. The molecule has 0 atom stereocenters. The molecule has 4 rings (SSSR count). The maximum Gasteiger partial charge on any atom is 0.255 e. The van der Waals surface area contributed by atoms with Crippen LogP contribution in [-0.2, 0) is 6.61 Å². The standard InChI is InChI=1S/C25H20N4O2/c1-17-6-7-19(24-27-12-13-28-24)14-23(17)29-25(30)18-8-10-22(11-9-18)31-16-21-5-3-2-4-20(21)15-26/h2-14H,16H2,1H3,(H,27,28)(H,29,30). The van der Waals surface area contributed by atoms with Crippen LogP contribution in [0.1, 0.15) is 27.0 Å². The van der Waals surface area contributed by atoms with Crippen LogP contribution in [0.3, 0.4) is 0 Å². The van der Waals surface area contributed by atoms with E-state index < -0.39 is 0 Å². The molecule has 0 unspecified atom stereocenters. The van der Waals surface area contributed by atoms with Gasteiger partial charge < -0.3 is 15.0 Å². The van der Waals surface area contributed by atoms with Crippen LogP contribution < -0.4 is 10.1 Å². The number of benzene rings is 3. The summed E-state index contributed by atoms with van der Waals surface area (Å²) in [4.78, 5) is 20.0. The molecule has 1 amide bonds. The van der Waals surface area contributed by atoms with Crippen molar-refractivity contribution in [3.63, 3.8) is 0 Å². The van der Waals surface area contributed by atoms with Gasteiger partial charge in [-0.2, -0.15) is 5.26 Å². The van der Waals surface area contributed by atoms with Gasteiger partial charge in [-0.05, 0) is 48.9 Å². The van der Waals surface area contributed by atoms with Crippen molar-refractivity contribution in [1.29, 1.82) is 5.26 Å². The molecule has 0 saturated heterocycles. The highest BCUT2D eigenvalue weighted by Crippen LogP contribution is 2.24. The van der Waals surface area contributed by atoms with Crippen LogP contribution in [-0.4, -0.2) is 15.9 Å². The number of aryl methyl sites for hydroxylation is 1. The molecule has 1 heterocycles. The molecule has 0 radical (unpaired) electrons. The van der Waals surface area contributed by atoms with E-state index in [1.807, 2.05) is 43.3 Å². The highest BCUT2D eigenvalue weighted by Gasteiger charge is 2.10. The molecule has 6 nitrogen and oxygen atoms in total. The van der Waals surface area contributed by atoms with Gasteiger partial charge >= 0.3 is 0 Å². The van der Waals surface area contributed by atoms with Crippen molar-refractivity contribution in [1.82, 2.24) is 9.97 Å². The average Bonchev–Trinajstić information content (AvgIpc) is 3.34. The zero-order valence-electron chi connectivity index (χ0n) is 16.9. The van der Waals surface area contributed by atoms with E-state index in [2.05, 4.69) is 21.4 Å². The first-order valence-corrected chi connectivity index (χ1v) is 9.76. The minimum absolute atomic E-state index is 0.207. The largest absolute Gasteiger partial charge is 0.489 e. The van der Waals surface area contributed by atoms with Gasteiger partial charge in [-0.25, -0.2) is 4.98 Å². The van der Waals surface area contributed by atoms with Crippen molar-refractivity contribution < 1.29 is 9.53 Å². The summed E-state index contributed by atoms with van der Waals surface area (Å²) in [5.74, 6) is 1.16. The van der Waals surface area contributed by atoms with Crippen LogP contribution in [0.4, 0.5) is 5.69 Å². The summed E-state index contributed by atoms with van der Waals surface area (Å²) in [6.45, 7) is 2.23. The Morgan fingerprint density at radius 1 is 1.13 bits per heavy atom. The molecule has 0 saturated carbocycles. The number of carbonyl (C=O) groups excluding carboxylic acids is 1. The average molecular weight is 408 g/mol. The molecule has 0 aliphatic carbocycles. The lowest BCUT2D eigenvalue weighted by Crippen LogP contribution is -2.12. The van der Waals surface area contributed by atoms with E-state index in [9.17, 15) is 4.79 Å². The monoisotopic (exact) mass is 408 g/mol. The molecule has 4 aromatic rings. The van der Waals surface area contributed by atoms with Crippen molar-refractivity contribution in [2.45, 2.75) is 13.5 Å². The number of nitrogens with zero attached hydrogens (tertiary/aromatic N) is 2. The summed E-state index contributed by atoms with van der Waals surface area (Å²) < 4.78 is 5.77. The molecule has 6 heteroatoms. The molecule has 2 N–H and O–H groups in total. The van der Waals surface area contributed by atoms with Crippen molar-refractivity contribution >= 4 is 11.6 Å². The van der Waals surface area contributed by atoms with Crippen LogP contribution in [0, 0.1) is 18.3 Å². The SMILES string of the molecule is Cc1ccc(-c2ncc[nH]2)cc1NC(=O)c1ccc(OCc2ccccc2C#N)cc1. The molecule has 31 heavy (non-hydrogen) atoms. The van der Waals surface area contributed by atoms with Crippen molar-refractivity contribution in [2.75, 3.05) is 5.32 Å². The fourth-order valence-electron chi connectivity index (χ4n) is 3.14. The van der Waals surface area contributed by atoms with Crippen LogP contribution in [0.25, 0.3) is 11.4 Å². The third kappa shape index (κ3) is 4.62. The van der Waals surface area contributed by atoms with Gasteiger partial charge in [0.2, 0.25) is 0 Å². The molecule has 0 aliphatic heterocycles. The van der Waals surface area contributed by atoms with Crippen LogP contribution >= 0.6 is 0 Å². The fourth-order valence-corrected chi connectivity index (χ4v) is 3.14. The van der Waals surface area contributed by atoms with Gasteiger partial charge in [0.25, 0.3) is 5.91 Å². The summed E-state index contributed by atoms with van der Waals surface area (Å²) in [6.07, 6.45) is 3.45. The lowest BCUT2D eigenvalue weighted by atomic mass is 10.1. The molecule has 3 aromatic carbocycles. The number of aromatic nitrogens is 2. The summed E-state index contributed by atoms with van der Waals surface area (Å²) >= 11 is 0. The van der Waals surface area contributed by atoms with E-state index in [1.165, 1.54) is 0 Å². The Balaban J connectivity index is 1.43. The third-order valence-corrected chi connectivity index (χ3v) is 4.91.